The number of carboxylic acid groups (broad SMARTS) is 1. The van der Waals surface area contributed by atoms with Gasteiger partial charge in [-0.3, -0.25) is 4.79 Å². The number of rotatable bonds is 3. The minimum absolute atomic E-state index is 0.112. The van der Waals surface area contributed by atoms with Gasteiger partial charge in [-0.15, -0.1) is 0 Å². The second kappa shape index (κ2) is 5.08. The summed E-state index contributed by atoms with van der Waals surface area (Å²) in [4.78, 5) is 22.7. The maximum atomic E-state index is 11.8. The molecule has 1 rings (SSSR count). The summed E-state index contributed by atoms with van der Waals surface area (Å²) in [5.41, 5.74) is 0.0410. The van der Waals surface area contributed by atoms with Gasteiger partial charge < -0.3 is 15.2 Å². The molecule has 1 aromatic rings. The van der Waals surface area contributed by atoms with Gasteiger partial charge in [0.25, 0.3) is 0 Å². The molecule has 0 radical (unpaired) electrons. The van der Waals surface area contributed by atoms with Crippen LogP contribution in [0.5, 0.6) is 5.75 Å². The molecule has 0 fully saturated rings. The van der Waals surface area contributed by atoms with Crippen LogP contribution in [-0.2, 0) is 4.79 Å². The average Bonchev–Trinajstić information content (AvgIpc) is 2.27. The number of carboxylic acids is 1. The molecule has 0 aromatic heterocycles. The number of carbonyl (C=O) groups is 2. The Labute approximate surface area is 106 Å². The maximum absolute atomic E-state index is 11.8. The van der Waals surface area contributed by atoms with Crippen molar-refractivity contribution in [1.29, 1.82) is 0 Å². The fourth-order valence-electron chi connectivity index (χ4n) is 1.24. The fraction of sp³-hybridized carbons (Fsp3) is 0.385. The number of ether oxygens (including phenoxy) is 1. The zero-order chi connectivity index (χ0) is 13.9. The van der Waals surface area contributed by atoms with Gasteiger partial charge in [-0.1, -0.05) is 20.8 Å². The summed E-state index contributed by atoms with van der Waals surface area (Å²) in [6, 6.07) is 4.32. The topological polar surface area (TPSA) is 75.6 Å². The van der Waals surface area contributed by atoms with Crippen LogP contribution < -0.4 is 10.1 Å². The average molecular weight is 251 g/mol. The van der Waals surface area contributed by atoms with E-state index in [0.717, 1.165) is 0 Å². The van der Waals surface area contributed by atoms with E-state index in [1.807, 2.05) is 0 Å². The third kappa shape index (κ3) is 3.23. The zero-order valence-electron chi connectivity index (χ0n) is 10.9. The van der Waals surface area contributed by atoms with Gasteiger partial charge in [0.05, 0.1) is 18.4 Å². The van der Waals surface area contributed by atoms with Gasteiger partial charge in [0.2, 0.25) is 5.91 Å². The van der Waals surface area contributed by atoms with Crippen LogP contribution in [0, 0.1) is 5.41 Å². The van der Waals surface area contributed by atoms with Crippen LogP contribution >= 0.6 is 0 Å². The van der Waals surface area contributed by atoms with E-state index in [0.29, 0.717) is 11.4 Å². The Morgan fingerprint density at radius 1 is 1.28 bits per heavy atom. The number of amides is 1. The summed E-state index contributed by atoms with van der Waals surface area (Å²) in [6.07, 6.45) is 0. The first-order valence-corrected chi connectivity index (χ1v) is 5.48. The number of aromatic carboxylic acids is 1. The first kappa shape index (κ1) is 14.0. The predicted octanol–water partition coefficient (Wildman–Crippen LogP) is 2.38. The molecule has 0 atom stereocenters. The van der Waals surface area contributed by atoms with E-state index in [-0.39, 0.29) is 11.5 Å². The van der Waals surface area contributed by atoms with Gasteiger partial charge in [0.1, 0.15) is 5.75 Å². The van der Waals surface area contributed by atoms with Gasteiger partial charge in [0, 0.05) is 5.41 Å². The molecule has 2 N–H and O–H groups in total. The van der Waals surface area contributed by atoms with Crippen molar-refractivity contribution in [3.63, 3.8) is 0 Å². The van der Waals surface area contributed by atoms with Gasteiger partial charge >= 0.3 is 5.97 Å². The second-order valence-corrected chi connectivity index (χ2v) is 4.92. The van der Waals surface area contributed by atoms with Crippen molar-refractivity contribution >= 4 is 17.6 Å². The van der Waals surface area contributed by atoms with E-state index in [4.69, 9.17) is 9.84 Å². The van der Waals surface area contributed by atoms with E-state index < -0.39 is 11.4 Å². The molecule has 0 bridgehead atoms. The summed E-state index contributed by atoms with van der Waals surface area (Å²) in [5, 5.41) is 11.6. The number of methoxy groups -OCH3 is 1. The lowest BCUT2D eigenvalue weighted by atomic mass is 9.95. The van der Waals surface area contributed by atoms with Gasteiger partial charge in [0.15, 0.2) is 0 Å². The Hall–Kier alpha value is -2.04. The highest BCUT2D eigenvalue weighted by Gasteiger charge is 2.22. The molecule has 0 aliphatic heterocycles. The monoisotopic (exact) mass is 251 g/mol. The summed E-state index contributed by atoms with van der Waals surface area (Å²) in [5.74, 6) is -0.877. The van der Waals surface area contributed by atoms with Crippen LogP contribution in [0.2, 0.25) is 0 Å². The number of hydrogen-bond acceptors (Lipinski definition) is 3. The molecule has 5 heteroatoms. The van der Waals surface area contributed by atoms with E-state index in [2.05, 4.69) is 5.32 Å². The van der Waals surface area contributed by atoms with Crippen molar-refractivity contribution in [2.24, 2.45) is 5.41 Å². The normalized spacial score (nSPS) is 10.9. The summed E-state index contributed by atoms with van der Waals surface area (Å²) < 4.78 is 5.07. The zero-order valence-corrected chi connectivity index (χ0v) is 10.9. The van der Waals surface area contributed by atoms with Crippen LogP contribution in [-0.4, -0.2) is 24.1 Å². The standard InChI is InChI=1S/C13H17NO4/c1-13(2,3)12(17)14-9-6-5-8(11(15)16)7-10(9)18-4/h5-7H,1-4H3,(H,14,17)(H,15,16). The molecule has 0 spiro atoms. The van der Waals surface area contributed by atoms with Crippen LogP contribution in [0.15, 0.2) is 18.2 Å². The van der Waals surface area contributed by atoms with Gasteiger partial charge in [-0.05, 0) is 18.2 Å². The number of hydrogen-bond donors (Lipinski definition) is 2. The quantitative estimate of drug-likeness (QED) is 0.864. The minimum atomic E-state index is -1.04. The van der Waals surface area contributed by atoms with E-state index in [1.54, 1.807) is 20.8 Å². The van der Waals surface area contributed by atoms with Crippen molar-refractivity contribution in [1.82, 2.24) is 0 Å². The number of carbonyl (C=O) groups excluding carboxylic acids is 1. The van der Waals surface area contributed by atoms with Crippen molar-refractivity contribution in [2.75, 3.05) is 12.4 Å². The molecular formula is C13H17NO4. The molecule has 0 aliphatic carbocycles. The maximum Gasteiger partial charge on any atom is 0.335 e. The smallest absolute Gasteiger partial charge is 0.335 e. The summed E-state index contributed by atoms with van der Waals surface area (Å²) >= 11 is 0. The number of nitrogens with one attached hydrogen (secondary N) is 1. The number of anilines is 1. The molecule has 0 unspecified atom stereocenters. The third-order valence-corrected chi connectivity index (χ3v) is 2.38. The molecule has 98 valence electrons. The van der Waals surface area contributed by atoms with Crippen LogP contribution in [0.4, 0.5) is 5.69 Å². The lowest BCUT2D eigenvalue weighted by Gasteiger charge is -2.19. The molecule has 0 saturated heterocycles. The summed E-state index contributed by atoms with van der Waals surface area (Å²) in [6.45, 7) is 5.38. The molecule has 0 heterocycles. The van der Waals surface area contributed by atoms with Crippen molar-refractivity contribution < 1.29 is 19.4 Å². The lowest BCUT2D eigenvalue weighted by molar-refractivity contribution is -0.123. The van der Waals surface area contributed by atoms with Crippen LogP contribution in [0.25, 0.3) is 0 Å². The van der Waals surface area contributed by atoms with Crippen molar-refractivity contribution in [2.45, 2.75) is 20.8 Å². The molecule has 1 aromatic carbocycles. The van der Waals surface area contributed by atoms with Crippen molar-refractivity contribution in [3.05, 3.63) is 23.8 Å². The molecule has 5 nitrogen and oxygen atoms in total. The largest absolute Gasteiger partial charge is 0.495 e. The Morgan fingerprint density at radius 2 is 1.89 bits per heavy atom. The summed E-state index contributed by atoms with van der Waals surface area (Å²) in [7, 11) is 1.42. The SMILES string of the molecule is COc1cc(C(=O)O)ccc1NC(=O)C(C)(C)C. The molecule has 0 saturated carbocycles. The third-order valence-electron chi connectivity index (χ3n) is 2.38. The Morgan fingerprint density at radius 3 is 2.33 bits per heavy atom. The highest BCUT2D eigenvalue weighted by Crippen LogP contribution is 2.27. The Bertz CT molecular complexity index is 474. The first-order chi connectivity index (χ1) is 8.25. The Kier molecular flexibility index (Phi) is 3.96. The number of benzene rings is 1. The minimum Gasteiger partial charge on any atom is -0.495 e. The highest BCUT2D eigenvalue weighted by atomic mass is 16.5. The molecule has 1 amide bonds. The van der Waals surface area contributed by atoms with Crippen LogP contribution in [0.3, 0.4) is 0 Å². The second-order valence-electron chi connectivity index (χ2n) is 4.92. The van der Waals surface area contributed by atoms with Gasteiger partial charge in [-0.2, -0.15) is 0 Å². The van der Waals surface area contributed by atoms with Crippen molar-refractivity contribution in [3.8, 4) is 5.75 Å². The highest BCUT2D eigenvalue weighted by molar-refractivity contribution is 5.97. The van der Waals surface area contributed by atoms with Crippen LogP contribution in [0.1, 0.15) is 31.1 Å². The van der Waals surface area contributed by atoms with E-state index >= 15 is 0 Å². The fourth-order valence-corrected chi connectivity index (χ4v) is 1.24. The molecule has 0 aliphatic rings. The molecule has 18 heavy (non-hydrogen) atoms. The predicted molar refractivity (Wildman–Crippen MR) is 68.0 cm³/mol. The first-order valence-electron chi connectivity index (χ1n) is 5.48. The lowest BCUT2D eigenvalue weighted by Crippen LogP contribution is -2.27. The van der Waals surface area contributed by atoms with E-state index in [1.165, 1.54) is 25.3 Å². The Balaban J connectivity index is 3.04. The van der Waals surface area contributed by atoms with Gasteiger partial charge in [-0.25, -0.2) is 4.79 Å². The van der Waals surface area contributed by atoms with E-state index in [9.17, 15) is 9.59 Å². The molecular weight excluding hydrogens is 234 g/mol.